The average Bonchev–Trinajstić information content (AvgIpc) is 2.61. The van der Waals surface area contributed by atoms with Gasteiger partial charge >= 0.3 is 0 Å². The number of carbonyl (C=O) groups is 1. The fraction of sp³-hybridized carbons (Fsp3) is 0.435. The van der Waals surface area contributed by atoms with Gasteiger partial charge in [-0.2, -0.15) is 0 Å². The smallest absolute Gasteiger partial charge is 0.260 e. The number of hydrogen-bond donors (Lipinski definition) is 1. The summed E-state index contributed by atoms with van der Waals surface area (Å²) < 4.78 is 11.4. The van der Waals surface area contributed by atoms with E-state index in [0.717, 1.165) is 29.9 Å². The Balaban J connectivity index is 1.72. The molecule has 1 N–H and O–H groups in total. The van der Waals surface area contributed by atoms with Crippen LogP contribution in [0.4, 0.5) is 0 Å². The Labute approximate surface area is 162 Å². The van der Waals surface area contributed by atoms with E-state index in [1.54, 1.807) is 6.92 Å². The molecule has 2 rings (SSSR count). The van der Waals surface area contributed by atoms with Crippen molar-refractivity contribution in [2.45, 2.75) is 59.7 Å². The number of ether oxygens (including phenoxy) is 2. The number of rotatable bonds is 9. The Bertz CT molecular complexity index is 738. The first-order valence-electron chi connectivity index (χ1n) is 9.62. The number of aryl methyl sites for hydroxylation is 3. The molecule has 146 valence electrons. The van der Waals surface area contributed by atoms with Gasteiger partial charge in [0, 0.05) is 6.54 Å². The molecule has 4 heteroatoms. The van der Waals surface area contributed by atoms with Crippen molar-refractivity contribution in [1.82, 2.24) is 5.32 Å². The zero-order valence-corrected chi connectivity index (χ0v) is 17.0. The summed E-state index contributed by atoms with van der Waals surface area (Å²) >= 11 is 0. The molecule has 0 radical (unpaired) electrons. The minimum absolute atomic E-state index is 0.0874. The standard InChI is InChI=1S/C23H31NO3/c1-16(2)26-21-11-9-20(10-12-21)7-6-14-24-23(25)19(5)27-22-13-8-17(3)15-18(22)4/h8-13,15-16,19H,6-7,14H2,1-5H3,(H,24,25). The maximum absolute atomic E-state index is 12.2. The first kappa shape index (κ1) is 20.8. The summed E-state index contributed by atoms with van der Waals surface area (Å²) in [5.41, 5.74) is 3.46. The highest BCUT2D eigenvalue weighted by Gasteiger charge is 2.15. The lowest BCUT2D eigenvalue weighted by Gasteiger charge is -2.16. The van der Waals surface area contributed by atoms with Crippen LogP contribution in [-0.4, -0.2) is 24.7 Å². The molecule has 0 aliphatic heterocycles. The van der Waals surface area contributed by atoms with Crippen LogP contribution in [0.15, 0.2) is 42.5 Å². The molecule has 1 atom stereocenters. The third kappa shape index (κ3) is 6.97. The van der Waals surface area contributed by atoms with Crippen molar-refractivity contribution in [3.8, 4) is 11.5 Å². The first-order valence-corrected chi connectivity index (χ1v) is 9.62. The summed E-state index contributed by atoms with van der Waals surface area (Å²) in [6, 6.07) is 14.1. The van der Waals surface area contributed by atoms with E-state index in [0.29, 0.717) is 6.54 Å². The van der Waals surface area contributed by atoms with E-state index in [2.05, 4.69) is 23.5 Å². The van der Waals surface area contributed by atoms with Gasteiger partial charge in [0.15, 0.2) is 6.10 Å². The normalized spacial score (nSPS) is 11.9. The van der Waals surface area contributed by atoms with E-state index < -0.39 is 6.10 Å². The molecule has 2 aromatic carbocycles. The largest absolute Gasteiger partial charge is 0.491 e. The van der Waals surface area contributed by atoms with E-state index in [1.165, 1.54) is 11.1 Å². The number of amides is 1. The Hall–Kier alpha value is -2.49. The van der Waals surface area contributed by atoms with Gasteiger partial charge in [0.1, 0.15) is 11.5 Å². The van der Waals surface area contributed by atoms with Gasteiger partial charge in [-0.3, -0.25) is 4.79 Å². The number of hydrogen-bond acceptors (Lipinski definition) is 3. The molecule has 0 bridgehead atoms. The highest BCUT2D eigenvalue weighted by atomic mass is 16.5. The van der Waals surface area contributed by atoms with Crippen LogP contribution in [0.5, 0.6) is 11.5 Å². The van der Waals surface area contributed by atoms with Gasteiger partial charge < -0.3 is 14.8 Å². The van der Waals surface area contributed by atoms with Crippen LogP contribution in [-0.2, 0) is 11.2 Å². The van der Waals surface area contributed by atoms with E-state index in [9.17, 15) is 4.79 Å². The predicted octanol–water partition coefficient (Wildman–Crippen LogP) is 4.61. The van der Waals surface area contributed by atoms with Crippen molar-refractivity contribution < 1.29 is 14.3 Å². The second-order valence-electron chi connectivity index (χ2n) is 7.23. The van der Waals surface area contributed by atoms with Gasteiger partial charge in [0.05, 0.1) is 6.10 Å². The average molecular weight is 370 g/mol. The molecule has 1 unspecified atom stereocenters. The van der Waals surface area contributed by atoms with Gasteiger partial charge in [-0.25, -0.2) is 0 Å². The third-order valence-electron chi connectivity index (χ3n) is 4.24. The van der Waals surface area contributed by atoms with Gasteiger partial charge in [-0.15, -0.1) is 0 Å². The minimum Gasteiger partial charge on any atom is -0.491 e. The zero-order valence-electron chi connectivity index (χ0n) is 17.0. The molecule has 0 spiro atoms. The van der Waals surface area contributed by atoms with E-state index >= 15 is 0 Å². The predicted molar refractivity (Wildman–Crippen MR) is 110 cm³/mol. The molecule has 27 heavy (non-hydrogen) atoms. The lowest BCUT2D eigenvalue weighted by atomic mass is 10.1. The van der Waals surface area contributed by atoms with Crippen LogP contribution in [0.2, 0.25) is 0 Å². The molecule has 4 nitrogen and oxygen atoms in total. The molecule has 2 aromatic rings. The lowest BCUT2D eigenvalue weighted by Crippen LogP contribution is -2.37. The van der Waals surface area contributed by atoms with Crippen molar-refractivity contribution in [3.05, 3.63) is 59.2 Å². The van der Waals surface area contributed by atoms with Crippen LogP contribution >= 0.6 is 0 Å². The van der Waals surface area contributed by atoms with Crippen LogP contribution in [0.25, 0.3) is 0 Å². The van der Waals surface area contributed by atoms with Gasteiger partial charge in [0.25, 0.3) is 5.91 Å². The monoisotopic (exact) mass is 369 g/mol. The molecule has 0 fully saturated rings. The van der Waals surface area contributed by atoms with E-state index in [-0.39, 0.29) is 12.0 Å². The maximum Gasteiger partial charge on any atom is 0.260 e. The summed E-state index contributed by atoms with van der Waals surface area (Å²) in [5, 5.41) is 2.95. The molecule has 0 saturated heterocycles. The van der Waals surface area contributed by atoms with Crippen LogP contribution in [0.3, 0.4) is 0 Å². The van der Waals surface area contributed by atoms with E-state index in [1.807, 2.05) is 52.0 Å². The first-order chi connectivity index (χ1) is 12.8. The van der Waals surface area contributed by atoms with Crippen molar-refractivity contribution in [3.63, 3.8) is 0 Å². The summed E-state index contributed by atoms with van der Waals surface area (Å²) in [4.78, 5) is 12.2. The fourth-order valence-electron chi connectivity index (χ4n) is 2.83. The summed E-state index contributed by atoms with van der Waals surface area (Å²) in [6.07, 6.45) is 1.46. The van der Waals surface area contributed by atoms with E-state index in [4.69, 9.17) is 9.47 Å². The second kappa shape index (κ2) is 10.0. The van der Waals surface area contributed by atoms with Crippen molar-refractivity contribution in [1.29, 1.82) is 0 Å². The molecular weight excluding hydrogens is 338 g/mol. The number of carbonyl (C=O) groups excluding carboxylic acids is 1. The SMILES string of the molecule is Cc1ccc(OC(C)C(=O)NCCCc2ccc(OC(C)C)cc2)c(C)c1. The van der Waals surface area contributed by atoms with Gasteiger partial charge in [0.2, 0.25) is 0 Å². The van der Waals surface area contributed by atoms with Gasteiger partial charge in [-0.1, -0.05) is 29.8 Å². The third-order valence-corrected chi connectivity index (χ3v) is 4.24. The molecule has 0 aliphatic carbocycles. The summed E-state index contributed by atoms with van der Waals surface area (Å²) in [7, 11) is 0. The molecule has 0 aromatic heterocycles. The van der Waals surface area contributed by atoms with Crippen molar-refractivity contribution in [2.24, 2.45) is 0 Å². The topological polar surface area (TPSA) is 47.6 Å². The maximum atomic E-state index is 12.2. The van der Waals surface area contributed by atoms with Gasteiger partial charge in [-0.05, 0) is 76.8 Å². The van der Waals surface area contributed by atoms with Crippen LogP contribution < -0.4 is 14.8 Å². The zero-order chi connectivity index (χ0) is 19.8. The Kier molecular flexibility index (Phi) is 7.71. The summed E-state index contributed by atoms with van der Waals surface area (Å²) in [5.74, 6) is 1.56. The Morgan fingerprint density at radius 1 is 1.00 bits per heavy atom. The lowest BCUT2D eigenvalue weighted by molar-refractivity contribution is -0.127. The molecule has 0 saturated carbocycles. The second-order valence-corrected chi connectivity index (χ2v) is 7.23. The molecule has 0 aliphatic rings. The Morgan fingerprint density at radius 3 is 2.33 bits per heavy atom. The molecular formula is C23H31NO3. The highest BCUT2D eigenvalue weighted by Crippen LogP contribution is 2.20. The summed E-state index contributed by atoms with van der Waals surface area (Å²) in [6.45, 7) is 10.5. The Morgan fingerprint density at radius 2 is 1.70 bits per heavy atom. The highest BCUT2D eigenvalue weighted by molar-refractivity contribution is 5.80. The van der Waals surface area contributed by atoms with Crippen molar-refractivity contribution in [2.75, 3.05) is 6.54 Å². The van der Waals surface area contributed by atoms with Crippen molar-refractivity contribution >= 4 is 5.91 Å². The molecule has 0 heterocycles. The number of nitrogens with one attached hydrogen (secondary N) is 1. The minimum atomic E-state index is -0.515. The number of benzene rings is 2. The quantitative estimate of drug-likeness (QED) is 0.657. The fourth-order valence-corrected chi connectivity index (χ4v) is 2.83. The van der Waals surface area contributed by atoms with Crippen LogP contribution in [0.1, 0.15) is 43.9 Å². The molecule has 1 amide bonds. The van der Waals surface area contributed by atoms with Crippen LogP contribution in [0, 0.1) is 13.8 Å².